The molecule has 0 aromatic carbocycles. The molecule has 0 fully saturated rings. The molecule has 2 N–H and O–H groups in total. The van der Waals surface area contributed by atoms with Crippen molar-refractivity contribution >= 4 is 22.6 Å². The van der Waals surface area contributed by atoms with Gasteiger partial charge in [0.15, 0.2) is 0 Å². The molecule has 1 unspecified atom stereocenters. The SMILES string of the molecule is CCc1nsc(NC(C)CC(=O)O)n1. The topological polar surface area (TPSA) is 75.1 Å². The molecule has 0 radical (unpaired) electrons. The maximum Gasteiger partial charge on any atom is 0.305 e. The van der Waals surface area contributed by atoms with E-state index in [1.165, 1.54) is 11.5 Å². The molecule has 14 heavy (non-hydrogen) atoms. The Labute approximate surface area is 86.3 Å². The number of hydrogen-bond acceptors (Lipinski definition) is 5. The maximum absolute atomic E-state index is 10.4. The van der Waals surface area contributed by atoms with Crippen LogP contribution < -0.4 is 5.32 Å². The van der Waals surface area contributed by atoms with Crippen LogP contribution in [0.25, 0.3) is 0 Å². The predicted molar refractivity (Wildman–Crippen MR) is 54.6 cm³/mol. The van der Waals surface area contributed by atoms with Crippen molar-refractivity contribution in [2.24, 2.45) is 0 Å². The van der Waals surface area contributed by atoms with Gasteiger partial charge in [0.25, 0.3) is 0 Å². The Morgan fingerprint density at radius 1 is 1.71 bits per heavy atom. The zero-order valence-corrected chi connectivity index (χ0v) is 8.97. The van der Waals surface area contributed by atoms with Crippen molar-refractivity contribution in [2.45, 2.75) is 32.7 Å². The first-order valence-electron chi connectivity index (χ1n) is 4.42. The van der Waals surface area contributed by atoms with Crippen molar-refractivity contribution in [3.8, 4) is 0 Å². The second kappa shape index (κ2) is 4.90. The maximum atomic E-state index is 10.4. The number of aliphatic carboxylic acids is 1. The first-order valence-corrected chi connectivity index (χ1v) is 5.20. The zero-order valence-electron chi connectivity index (χ0n) is 8.15. The summed E-state index contributed by atoms with van der Waals surface area (Å²) in [5, 5.41) is 12.2. The van der Waals surface area contributed by atoms with Gasteiger partial charge in [0.1, 0.15) is 5.82 Å². The van der Waals surface area contributed by atoms with Gasteiger partial charge in [0.2, 0.25) is 5.13 Å². The Morgan fingerprint density at radius 3 is 2.93 bits per heavy atom. The summed E-state index contributed by atoms with van der Waals surface area (Å²) >= 11 is 1.26. The summed E-state index contributed by atoms with van der Waals surface area (Å²) in [5.74, 6) is -0.0229. The molecular formula is C8H13N3O2S. The molecule has 0 aliphatic carbocycles. The van der Waals surface area contributed by atoms with E-state index in [9.17, 15) is 4.79 Å². The number of nitrogens with zero attached hydrogens (tertiary/aromatic N) is 2. The van der Waals surface area contributed by atoms with Crippen LogP contribution in [0, 0.1) is 0 Å². The molecule has 1 aromatic rings. The summed E-state index contributed by atoms with van der Waals surface area (Å²) in [7, 11) is 0. The highest BCUT2D eigenvalue weighted by molar-refractivity contribution is 7.09. The van der Waals surface area contributed by atoms with E-state index in [2.05, 4.69) is 14.7 Å². The summed E-state index contributed by atoms with van der Waals surface area (Å²) in [6, 6.07) is -0.120. The van der Waals surface area contributed by atoms with Crippen LogP contribution in [0.1, 0.15) is 26.1 Å². The Hall–Kier alpha value is -1.17. The minimum atomic E-state index is -0.815. The van der Waals surface area contributed by atoms with Gasteiger partial charge in [0.05, 0.1) is 6.42 Å². The van der Waals surface area contributed by atoms with Crippen molar-refractivity contribution in [1.29, 1.82) is 0 Å². The first kappa shape index (κ1) is 10.9. The Kier molecular flexibility index (Phi) is 3.82. The Morgan fingerprint density at radius 2 is 2.43 bits per heavy atom. The van der Waals surface area contributed by atoms with Crippen LogP contribution in [0.15, 0.2) is 0 Å². The van der Waals surface area contributed by atoms with Crippen LogP contribution >= 0.6 is 11.5 Å². The first-order chi connectivity index (χ1) is 6.61. The highest BCUT2D eigenvalue weighted by atomic mass is 32.1. The summed E-state index contributed by atoms with van der Waals surface area (Å²) in [6.45, 7) is 3.79. The van der Waals surface area contributed by atoms with Crippen LogP contribution in [0.4, 0.5) is 5.13 Å². The fourth-order valence-electron chi connectivity index (χ4n) is 0.980. The highest BCUT2D eigenvalue weighted by Gasteiger charge is 2.09. The summed E-state index contributed by atoms with van der Waals surface area (Å²) in [5.41, 5.74) is 0. The van der Waals surface area contributed by atoms with Crippen LogP contribution in [0.2, 0.25) is 0 Å². The van der Waals surface area contributed by atoms with Gasteiger partial charge in [-0.05, 0) is 6.92 Å². The molecule has 1 rings (SSSR count). The molecule has 0 saturated carbocycles. The number of carboxylic acids is 1. The minimum Gasteiger partial charge on any atom is -0.481 e. The second-order valence-corrected chi connectivity index (χ2v) is 3.76. The van der Waals surface area contributed by atoms with Crippen LogP contribution in [-0.2, 0) is 11.2 Å². The smallest absolute Gasteiger partial charge is 0.305 e. The molecular weight excluding hydrogens is 202 g/mol. The third kappa shape index (κ3) is 3.29. The average Bonchev–Trinajstić information content (AvgIpc) is 2.50. The van der Waals surface area contributed by atoms with Crippen LogP contribution in [-0.4, -0.2) is 26.5 Å². The van der Waals surface area contributed by atoms with Crippen molar-refractivity contribution in [1.82, 2.24) is 9.36 Å². The fraction of sp³-hybridized carbons (Fsp3) is 0.625. The van der Waals surface area contributed by atoms with Gasteiger partial charge < -0.3 is 10.4 Å². The van der Waals surface area contributed by atoms with E-state index in [0.29, 0.717) is 5.13 Å². The van der Waals surface area contributed by atoms with Crippen molar-refractivity contribution < 1.29 is 9.90 Å². The Bertz CT molecular complexity index is 313. The van der Waals surface area contributed by atoms with Crippen molar-refractivity contribution in [2.75, 3.05) is 5.32 Å². The van der Waals surface area contributed by atoms with Crippen LogP contribution in [0.5, 0.6) is 0 Å². The molecule has 0 amide bonds. The Balaban J connectivity index is 2.47. The largest absolute Gasteiger partial charge is 0.481 e. The second-order valence-electron chi connectivity index (χ2n) is 3.01. The lowest BCUT2D eigenvalue weighted by atomic mass is 10.2. The van der Waals surface area contributed by atoms with E-state index in [0.717, 1.165) is 12.2 Å². The average molecular weight is 215 g/mol. The lowest BCUT2D eigenvalue weighted by Gasteiger charge is -2.08. The number of aryl methyl sites for hydroxylation is 1. The molecule has 0 bridgehead atoms. The number of hydrogen-bond donors (Lipinski definition) is 2. The minimum absolute atomic E-state index is 0.0844. The van der Waals surface area contributed by atoms with Gasteiger partial charge in [-0.3, -0.25) is 4.79 Å². The van der Waals surface area contributed by atoms with E-state index in [-0.39, 0.29) is 12.5 Å². The van der Waals surface area contributed by atoms with Gasteiger partial charge >= 0.3 is 5.97 Å². The van der Waals surface area contributed by atoms with Gasteiger partial charge in [-0.25, -0.2) is 4.98 Å². The molecule has 0 aliphatic rings. The van der Waals surface area contributed by atoms with Gasteiger partial charge in [-0.2, -0.15) is 4.37 Å². The number of nitrogens with one attached hydrogen (secondary N) is 1. The van der Waals surface area contributed by atoms with E-state index in [4.69, 9.17) is 5.11 Å². The summed E-state index contributed by atoms with van der Waals surface area (Å²) in [6.07, 6.45) is 0.881. The number of carbonyl (C=O) groups is 1. The van der Waals surface area contributed by atoms with Gasteiger partial charge in [0, 0.05) is 24.0 Å². The lowest BCUT2D eigenvalue weighted by Crippen LogP contribution is -2.19. The van der Waals surface area contributed by atoms with E-state index in [1.54, 1.807) is 6.92 Å². The molecule has 0 spiro atoms. The van der Waals surface area contributed by atoms with Crippen molar-refractivity contribution in [3.05, 3.63) is 5.82 Å². The van der Waals surface area contributed by atoms with Crippen molar-refractivity contribution in [3.63, 3.8) is 0 Å². The molecule has 1 heterocycles. The molecule has 0 saturated heterocycles. The fourth-order valence-corrected chi connectivity index (χ4v) is 1.74. The van der Waals surface area contributed by atoms with Gasteiger partial charge in [-0.15, -0.1) is 0 Å². The lowest BCUT2D eigenvalue weighted by molar-refractivity contribution is -0.137. The van der Waals surface area contributed by atoms with Crippen LogP contribution in [0.3, 0.4) is 0 Å². The molecule has 5 nitrogen and oxygen atoms in total. The third-order valence-corrected chi connectivity index (χ3v) is 2.32. The number of anilines is 1. The number of carboxylic acid groups (broad SMARTS) is 1. The molecule has 1 aromatic heterocycles. The predicted octanol–water partition coefficient (Wildman–Crippen LogP) is 1.38. The number of rotatable bonds is 5. The molecule has 6 heteroatoms. The normalized spacial score (nSPS) is 12.4. The molecule has 1 atom stereocenters. The van der Waals surface area contributed by atoms with Gasteiger partial charge in [-0.1, -0.05) is 6.92 Å². The van der Waals surface area contributed by atoms with E-state index in [1.807, 2.05) is 6.92 Å². The zero-order chi connectivity index (χ0) is 10.6. The molecule has 0 aliphatic heterocycles. The highest BCUT2D eigenvalue weighted by Crippen LogP contribution is 2.13. The third-order valence-electron chi connectivity index (χ3n) is 1.63. The summed E-state index contributed by atoms with van der Waals surface area (Å²) < 4.78 is 4.09. The quantitative estimate of drug-likeness (QED) is 0.776. The monoisotopic (exact) mass is 215 g/mol. The standard InChI is InChI=1S/C8H13N3O2S/c1-3-6-10-8(14-11-6)9-5(2)4-7(12)13/h5H,3-4H2,1-2H3,(H,12,13)(H,9,10,11). The van der Waals surface area contributed by atoms with E-state index >= 15 is 0 Å². The summed E-state index contributed by atoms with van der Waals surface area (Å²) in [4.78, 5) is 14.6. The number of aromatic nitrogens is 2. The molecule has 78 valence electrons. The van der Waals surface area contributed by atoms with E-state index < -0.39 is 5.97 Å².